The summed E-state index contributed by atoms with van der Waals surface area (Å²) in [7, 11) is 0. The third kappa shape index (κ3) is 3.44. The van der Waals surface area contributed by atoms with Gasteiger partial charge in [-0.25, -0.2) is 4.98 Å². The third-order valence-electron chi connectivity index (χ3n) is 4.82. The summed E-state index contributed by atoms with van der Waals surface area (Å²) >= 11 is 0. The zero-order chi connectivity index (χ0) is 19.5. The molecule has 4 nitrogen and oxygen atoms in total. The molecule has 5 aromatic rings. The summed E-state index contributed by atoms with van der Waals surface area (Å²) in [6, 6.07) is 34.5. The first kappa shape index (κ1) is 17.1. The summed E-state index contributed by atoms with van der Waals surface area (Å²) in [5.41, 5.74) is 4.72. The first-order valence-corrected chi connectivity index (χ1v) is 9.49. The Hall–Kier alpha value is -4.05. The van der Waals surface area contributed by atoms with Gasteiger partial charge in [-0.3, -0.25) is 0 Å². The third-order valence-corrected chi connectivity index (χ3v) is 4.82. The second-order valence-electron chi connectivity index (χ2n) is 6.71. The predicted molar refractivity (Wildman–Crippen MR) is 118 cm³/mol. The van der Waals surface area contributed by atoms with Crippen molar-refractivity contribution in [3.63, 3.8) is 0 Å². The van der Waals surface area contributed by atoms with Gasteiger partial charge in [0.15, 0.2) is 0 Å². The van der Waals surface area contributed by atoms with E-state index in [0.717, 1.165) is 39.0 Å². The fourth-order valence-electron chi connectivity index (χ4n) is 3.42. The van der Waals surface area contributed by atoms with Crippen LogP contribution in [0.3, 0.4) is 0 Å². The zero-order valence-corrected chi connectivity index (χ0v) is 15.7. The van der Waals surface area contributed by atoms with Crippen LogP contribution in [0.1, 0.15) is 0 Å². The molecule has 4 aromatic carbocycles. The summed E-state index contributed by atoms with van der Waals surface area (Å²) < 4.78 is 0. The number of aromatic amines is 1. The van der Waals surface area contributed by atoms with Gasteiger partial charge in [-0.2, -0.15) is 0 Å². The average molecular weight is 374 g/mol. The van der Waals surface area contributed by atoms with Gasteiger partial charge in [0.05, 0.1) is 17.1 Å². The second kappa shape index (κ2) is 7.52. The molecule has 0 aliphatic heterocycles. The molecule has 1 aromatic heterocycles. The van der Waals surface area contributed by atoms with E-state index in [1.807, 2.05) is 72.8 Å². The van der Waals surface area contributed by atoms with Crippen molar-refractivity contribution in [2.75, 3.05) is 0 Å². The maximum atomic E-state index is 4.74. The SMILES string of the molecule is c1ccc(-c2nc(N=Nc3cccc4ccccc34)[nH]c2-c2ccccc2)cc1. The maximum absolute atomic E-state index is 4.74. The molecule has 0 aliphatic rings. The van der Waals surface area contributed by atoms with Crippen LogP contribution in [-0.4, -0.2) is 9.97 Å². The number of rotatable bonds is 4. The van der Waals surface area contributed by atoms with E-state index in [-0.39, 0.29) is 0 Å². The first-order valence-electron chi connectivity index (χ1n) is 9.49. The fourth-order valence-corrected chi connectivity index (χ4v) is 3.42. The number of H-pyrrole nitrogens is 1. The highest BCUT2D eigenvalue weighted by Gasteiger charge is 2.13. The van der Waals surface area contributed by atoms with Crippen LogP contribution in [0.15, 0.2) is 113 Å². The molecule has 138 valence electrons. The van der Waals surface area contributed by atoms with Gasteiger partial charge in [-0.1, -0.05) is 97.1 Å². The van der Waals surface area contributed by atoms with E-state index in [9.17, 15) is 0 Å². The van der Waals surface area contributed by atoms with E-state index < -0.39 is 0 Å². The van der Waals surface area contributed by atoms with E-state index in [4.69, 9.17) is 4.98 Å². The van der Waals surface area contributed by atoms with Crippen LogP contribution in [0, 0.1) is 0 Å². The molecule has 0 saturated carbocycles. The van der Waals surface area contributed by atoms with E-state index in [1.165, 1.54) is 0 Å². The highest BCUT2D eigenvalue weighted by atomic mass is 15.2. The highest BCUT2D eigenvalue weighted by molar-refractivity contribution is 5.92. The molecule has 29 heavy (non-hydrogen) atoms. The van der Waals surface area contributed by atoms with Gasteiger partial charge in [0, 0.05) is 16.5 Å². The topological polar surface area (TPSA) is 53.4 Å². The summed E-state index contributed by atoms with van der Waals surface area (Å²) in [5, 5.41) is 11.1. The Bertz CT molecular complexity index is 1230. The quantitative estimate of drug-likeness (QED) is 0.329. The molecule has 0 radical (unpaired) electrons. The lowest BCUT2D eigenvalue weighted by atomic mass is 10.1. The molecule has 0 bridgehead atoms. The van der Waals surface area contributed by atoms with Crippen molar-refractivity contribution in [2.24, 2.45) is 10.2 Å². The Morgan fingerprint density at radius 1 is 0.586 bits per heavy atom. The van der Waals surface area contributed by atoms with Gasteiger partial charge in [0.2, 0.25) is 5.95 Å². The number of imidazole rings is 1. The Kier molecular flexibility index (Phi) is 4.43. The van der Waals surface area contributed by atoms with Crippen molar-refractivity contribution >= 4 is 22.4 Å². The number of nitrogens with one attached hydrogen (secondary N) is 1. The Labute approximate surface area is 168 Å². The molecule has 0 fully saturated rings. The Morgan fingerprint density at radius 3 is 2.03 bits per heavy atom. The molecule has 4 heteroatoms. The largest absolute Gasteiger partial charge is 0.320 e. The van der Waals surface area contributed by atoms with Crippen LogP contribution < -0.4 is 0 Å². The van der Waals surface area contributed by atoms with Crippen molar-refractivity contribution in [1.29, 1.82) is 0 Å². The Balaban J connectivity index is 1.59. The van der Waals surface area contributed by atoms with Crippen LogP contribution >= 0.6 is 0 Å². The number of nitrogens with zero attached hydrogens (tertiary/aromatic N) is 3. The number of fused-ring (bicyclic) bond motifs is 1. The van der Waals surface area contributed by atoms with E-state index >= 15 is 0 Å². The summed E-state index contributed by atoms with van der Waals surface area (Å²) in [5.74, 6) is 0.482. The minimum atomic E-state index is 0.482. The zero-order valence-electron chi connectivity index (χ0n) is 15.7. The lowest BCUT2D eigenvalue weighted by Gasteiger charge is -2.02. The summed E-state index contributed by atoms with van der Waals surface area (Å²) in [4.78, 5) is 8.08. The fraction of sp³-hybridized carbons (Fsp3) is 0. The van der Waals surface area contributed by atoms with Crippen molar-refractivity contribution in [2.45, 2.75) is 0 Å². The molecule has 1 heterocycles. The number of aromatic nitrogens is 2. The molecule has 0 spiro atoms. The lowest BCUT2D eigenvalue weighted by Crippen LogP contribution is -1.82. The first-order chi connectivity index (χ1) is 14.4. The van der Waals surface area contributed by atoms with Crippen molar-refractivity contribution < 1.29 is 0 Å². The molecule has 0 aliphatic carbocycles. The monoisotopic (exact) mass is 374 g/mol. The minimum Gasteiger partial charge on any atom is -0.320 e. The van der Waals surface area contributed by atoms with Gasteiger partial charge >= 0.3 is 0 Å². The number of hydrogen-bond donors (Lipinski definition) is 1. The molecule has 1 N–H and O–H groups in total. The maximum Gasteiger partial charge on any atom is 0.247 e. The van der Waals surface area contributed by atoms with Crippen LogP contribution in [0.5, 0.6) is 0 Å². The summed E-state index contributed by atoms with van der Waals surface area (Å²) in [6.07, 6.45) is 0. The van der Waals surface area contributed by atoms with Crippen LogP contribution in [0.2, 0.25) is 0 Å². The molecule has 0 amide bonds. The highest BCUT2D eigenvalue weighted by Crippen LogP contribution is 2.33. The van der Waals surface area contributed by atoms with E-state index in [2.05, 4.69) is 45.5 Å². The van der Waals surface area contributed by atoms with Gasteiger partial charge in [-0.15, -0.1) is 10.2 Å². The number of hydrogen-bond acceptors (Lipinski definition) is 3. The standard InChI is InChI=1S/C25H18N4/c1-3-11-19(12-4-1)23-24(20-13-5-2-6-14-20)27-25(26-23)29-28-22-17-9-15-18-10-7-8-16-21(18)22/h1-17H,(H,26,27). The number of azo groups is 1. The number of benzene rings is 4. The molecule has 0 saturated heterocycles. The summed E-state index contributed by atoms with van der Waals surface area (Å²) in [6.45, 7) is 0. The van der Waals surface area contributed by atoms with Gasteiger partial charge in [0.25, 0.3) is 0 Å². The normalized spacial score (nSPS) is 11.3. The molecule has 0 unspecified atom stereocenters. The van der Waals surface area contributed by atoms with E-state index in [1.54, 1.807) is 0 Å². The molecular weight excluding hydrogens is 356 g/mol. The van der Waals surface area contributed by atoms with Crippen molar-refractivity contribution in [3.05, 3.63) is 103 Å². The van der Waals surface area contributed by atoms with Crippen LogP contribution in [0.4, 0.5) is 11.6 Å². The van der Waals surface area contributed by atoms with Crippen molar-refractivity contribution in [3.8, 4) is 22.5 Å². The van der Waals surface area contributed by atoms with E-state index in [0.29, 0.717) is 5.95 Å². The van der Waals surface area contributed by atoms with Gasteiger partial charge in [0.1, 0.15) is 0 Å². The lowest BCUT2D eigenvalue weighted by molar-refractivity contribution is 1.13. The van der Waals surface area contributed by atoms with Crippen LogP contribution in [-0.2, 0) is 0 Å². The minimum absolute atomic E-state index is 0.482. The van der Waals surface area contributed by atoms with Crippen LogP contribution in [0.25, 0.3) is 33.3 Å². The van der Waals surface area contributed by atoms with Gasteiger partial charge < -0.3 is 4.98 Å². The van der Waals surface area contributed by atoms with Gasteiger partial charge in [-0.05, 0) is 11.5 Å². The molecular formula is C25H18N4. The average Bonchev–Trinajstić information content (AvgIpc) is 3.23. The Morgan fingerprint density at radius 2 is 1.24 bits per heavy atom. The molecule has 0 atom stereocenters. The molecule has 5 rings (SSSR count). The predicted octanol–water partition coefficient (Wildman–Crippen LogP) is 7.31. The van der Waals surface area contributed by atoms with Crippen molar-refractivity contribution in [1.82, 2.24) is 9.97 Å². The second-order valence-corrected chi connectivity index (χ2v) is 6.71. The smallest absolute Gasteiger partial charge is 0.247 e.